The summed E-state index contributed by atoms with van der Waals surface area (Å²) in [4.78, 5) is 13.4. The van der Waals surface area contributed by atoms with Gasteiger partial charge in [0, 0.05) is 24.7 Å². The molecule has 94 valence electrons. The molecule has 0 unspecified atom stereocenters. The number of nitrogens with zero attached hydrogens (tertiary/aromatic N) is 1. The topological polar surface area (TPSA) is 46.3 Å². The van der Waals surface area contributed by atoms with Crippen molar-refractivity contribution in [2.45, 2.75) is 13.8 Å². The molecule has 1 amide bonds. The number of amides is 1. The SMILES string of the molecule is CC(C)C(=O)N(CCN)c1ccc(Cl)c(F)c1. The summed E-state index contributed by atoms with van der Waals surface area (Å²) in [5.41, 5.74) is 5.94. The lowest BCUT2D eigenvalue weighted by Crippen LogP contribution is -2.38. The van der Waals surface area contributed by atoms with Crippen molar-refractivity contribution in [3.8, 4) is 0 Å². The van der Waals surface area contributed by atoms with Gasteiger partial charge in [0.05, 0.1) is 5.02 Å². The van der Waals surface area contributed by atoms with Gasteiger partial charge in [0.15, 0.2) is 0 Å². The van der Waals surface area contributed by atoms with Crippen LogP contribution in [0.5, 0.6) is 0 Å². The average molecular weight is 259 g/mol. The van der Waals surface area contributed by atoms with Crippen molar-refractivity contribution >= 4 is 23.2 Å². The van der Waals surface area contributed by atoms with Crippen LogP contribution in [0.3, 0.4) is 0 Å². The molecule has 0 saturated heterocycles. The van der Waals surface area contributed by atoms with Crippen molar-refractivity contribution < 1.29 is 9.18 Å². The quantitative estimate of drug-likeness (QED) is 0.902. The number of nitrogens with two attached hydrogens (primary N) is 1. The van der Waals surface area contributed by atoms with E-state index in [9.17, 15) is 9.18 Å². The fourth-order valence-corrected chi connectivity index (χ4v) is 1.58. The fourth-order valence-electron chi connectivity index (χ4n) is 1.46. The number of benzene rings is 1. The summed E-state index contributed by atoms with van der Waals surface area (Å²) in [7, 11) is 0. The predicted octanol–water partition coefficient (Wildman–Crippen LogP) is 2.43. The molecule has 1 aromatic carbocycles. The Kier molecular flexibility index (Phi) is 4.90. The maximum absolute atomic E-state index is 13.3. The standard InChI is InChI=1S/C12H16ClFN2O/c1-8(2)12(17)16(6-5-15)9-3-4-10(13)11(14)7-9/h3-4,7-8H,5-6,15H2,1-2H3. The third-order valence-electron chi connectivity index (χ3n) is 2.33. The monoisotopic (exact) mass is 258 g/mol. The average Bonchev–Trinajstić information content (AvgIpc) is 2.29. The van der Waals surface area contributed by atoms with E-state index >= 15 is 0 Å². The second-order valence-electron chi connectivity index (χ2n) is 4.03. The first-order chi connectivity index (χ1) is 7.97. The maximum atomic E-state index is 13.3. The Morgan fingerprint density at radius 3 is 2.65 bits per heavy atom. The first-order valence-electron chi connectivity index (χ1n) is 5.44. The van der Waals surface area contributed by atoms with Crippen LogP contribution in [0.4, 0.5) is 10.1 Å². The lowest BCUT2D eigenvalue weighted by molar-refractivity contribution is -0.121. The second kappa shape index (κ2) is 5.98. The van der Waals surface area contributed by atoms with Gasteiger partial charge in [0.25, 0.3) is 0 Å². The summed E-state index contributed by atoms with van der Waals surface area (Å²) in [6.07, 6.45) is 0. The third-order valence-corrected chi connectivity index (χ3v) is 2.63. The number of carbonyl (C=O) groups excluding carboxylic acids is 1. The van der Waals surface area contributed by atoms with Gasteiger partial charge in [-0.15, -0.1) is 0 Å². The molecule has 0 aliphatic carbocycles. The van der Waals surface area contributed by atoms with Crippen molar-refractivity contribution in [3.63, 3.8) is 0 Å². The third kappa shape index (κ3) is 3.41. The molecule has 0 radical (unpaired) electrons. The van der Waals surface area contributed by atoms with Gasteiger partial charge in [-0.05, 0) is 18.2 Å². The molecule has 0 atom stereocenters. The number of halogens is 2. The first kappa shape index (κ1) is 13.9. The molecule has 1 aromatic rings. The molecular weight excluding hydrogens is 243 g/mol. The van der Waals surface area contributed by atoms with E-state index in [0.29, 0.717) is 18.8 Å². The van der Waals surface area contributed by atoms with Crippen molar-refractivity contribution in [2.24, 2.45) is 11.7 Å². The van der Waals surface area contributed by atoms with E-state index in [1.807, 2.05) is 0 Å². The first-order valence-corrected chi connectivity index (χ1v) is 5.81. The van der Waals surface area contributed by atoms with Crippen LogP contribution < -0.4 is 10.6 Å². The molecule has 0 aromatic heterocycles. The molecule has 17 heavy (non-hydrogen) atoms. The number of anilines is 1. The molecule has 1 rings (SSSR count). The maximum Gasteiger partial charge on any atom is 0.229 e. The van der Waals surface area contributed by atoms with Crippen molar-refractivity contribution in [3.05, 3.63) is 29.0 Å². The lowest BCUT2D eigenvalue weighted by Gasteiger charge is -2.24. The Balaban J connectivity index is 3.05. The molecule has 5 heteroatoms. The van der Waals surface area contributed by atoms with E-state index in [1.54, 1.807) is 19.9 Å². The van der Waals surface area contributed by atoms with Gasteiger partial charge in [-0.25, -0.2) is 4.39 Å². The summed E-state index contributed by atoms with van der Waals surface area (Å²) in [5, 5.41) is 0.0402. The van der Waals surface area contributed by atoms with Gasteiger partial charge in [-0.3, -0.25) is 4.79 Å². The Morgan fingerprint density at radius 2 is 2.18 bits per heavy atom. The second-order valence-corrected chi connectivity index (χ2v) is 4.44. The number of hydrogen-bond acceptors (Lipinski definition) is 2. The minimum Gasteiger partial charge on any atom is -0.329 e. The van der Waals surface area contributed by atoms with Crippen LogP contribution in [-0.2, 0) is 4.79 Å². The highest BCUT2D eigenvalue weighted by Crippen LogP contribution is 2.22. The largest absolute Gasteiger partial charge is 0.329 e. The number of carbonyl (C=O) groups is 1. The summed E-state index contributed by atoms with van der Waals surface area (Å²) in [6, 6.07) is 4.29. The van der Waals surface area contributed by atoms with Crippen LogP contribution in [0.1, 0.15) is 13.8 Å². The van der Waals surface area contributed by atoms with Crippen LogP contribution in [0.2, 0.25) is 5.02 Å². The molecule has 0 saturated carbocycles. The van der Waals surface area contributed by atoms with Gasteiger partial charge in [-0.1, -0.05) is 25.4 Å². The highest BCUT2D eigenvalue weighted by atomic mass is 35.5. The fraction of sp³-hybridized carbons (Fsp3) is 0.417. The summed E-state index contributed by atoms with van der Waals surface area (Å²) in [5.74, 6) is -0.791. The summed E-state index contributed by atoms with van der Waals surface area (Å²) >= 11 is 5.60. The highest BCUT2D eigenvalue weighted by Gasteiger charge is 2.18. The van der Waals surface area contributed by atoms with E-state index in [-0.39, 0.29) is 16.8 Å². The molecule has 0 spiro atoms. The zero-order valence-corrected chi connectivity index (χ0v) is 10.7. The van der Waals surface area contributed by atoms with E-state index in [2.05, 4.69) is 0 Å². The summed E-state index contributed by atoms with van der Waals surface area (Å²) < 4.78 is 13.3. The highest BCUT2D eigenvalue weighted by molar-refractivity contribution is 6.30. The zero-order valence-electron chi connectivity index (χ0n) is 9.91. The molecule has 0 heterocycles. The van der Waals surface area contributed by atoms with Crippen molar-refractivity contribution in [2.75, 3.05) is 18.0 Å². The van der Waals surface area contributed by atoms with Crippen molar-refractivity contribution in [1.29, 1.82) is 0 Å². The molecule has 2 N–H and O–H groups in total. The van der Waals surface area contributed by atoms with E-state index < -0.39 is 5.82 Å². The molecule has 0 bridgehead atoms. The van der Waals surface area contributed by atoms with Gasteiger partial charge in [0.2, 0.25) is 5.91 Å². The molecule has 0 fully saturated rings. The van der Waals surface area contributed by atoms with Crippen LogP contribution in [0.15, 0.2) is 18.2 Å². The van der Waals surface area contributed by atoms with Crippen molar-refractivity contribution in [1.82, 2.24) is 0 Å². The Hall–Kier alpha value is -1.13. The minimum atomic E-state index is -0.539. The Labute approximate surface area is 105 Å². The molecular formula is C12H16ClFN2O. The normalized spacial score (nSPS) is 10.7. The number of rotatable bonds is 4. The van der Waals surface area contributed by atoms with Crippen LogP contribution >= 0.6 is 11.6 Å². The predicted molar refractivity (Wildman–Crippen MR) is 67.7 cm³/mol. The molecule has 3 nitrogen and oxygen atoms in total. The lowest BCUT2D eigenvalue weighted by atomic mass is 10.1. The van der Waals surface area contributed by atoms with Crippen LogP contribution in [-0.4, -0.2) is 19.0 Å². The minimum absolute atomic E-state index is 0.0402. The van der Waals surface area contributed by atoms with Crippen LogP contribution in [0.25, 0.3) is 0 Å². The van der Waals surface area contributed by atoms with Crippen LogP contribution in [0, 0.1) is 11.7 Å². The van der Waals surface area contributed by atoms with E-state index in [1.165, 1.54) is 17.0 Å². The molecule has 0 aliphatic rings. The van der Waals surface area contributed by atoms with Gasteiger partial charge in [-0.2, -0.15) is 0 Å². The Morgan fingerprint density at radius 1 is 1.53 bits per heavy atom. The van der Waals surface area contributed by atoms with E-state index in [0.717, 1.165) is 0 Å². The van der Waals surface area contributed by atoms with Gasteiger partial charge in [0.1, 0.15) is 5.82 Å². The van der Waals surface area contributed by atoms with E-state index in [4.69, 9.17) is 17.3 Å². The smallest absolute Gasteiger partial charge is 0.229 e. The Bertz CT molecular complexity index is 409. The zero-order chi connectivity index (χ0) is 13.0. The summed E-state index contributed by atoms with van der Waals surface area (Å²) in [6.45, 7) is 4.26. The number of hydrogen-bond donors (Lipinski definition) is 1. The molecule has 0 aliphatic heterocycles. The van der Waals surface area contributed by atoms with Gasteiger partial charge >= 0.3 is 0 Å². The van der Waals surface area contributed by atoms with Gasteiger partial charge < -0.3 is 10.6 Å².